The van der Waals surface area contributed by atoms with Crippen LogP contribution in [0.3, 0.4) is 0 Å². The highest BCUT2D eigenvalue weighted by Crippen LogP contribution is 2.19. The molecule has 0 atom stereocenters. The summed E-state index contributed by atoms with van der Waals surface area (Å²) in [4.78, 5) is 14.5. The Balaban J connectivity index is 1.59. The summed E-state index contributed by atoms with van der Waals surface area (Å²) in [7, 11) is 0. The molecule has 3 rings (SSSR count). The molecule has 2 aromatic rings. The number of rotatable bonds is 3. The molecule has 0 spiro atoms. The Kier molecular flexibility index (Phi) is 5.07. The van der Waals surface area contributed by atoms with Crippen LogP contribution >= 0.6 is 0 Å². The highest BCUT2D eigenvalue weighted by atomic mass is 16.2. The smallest absolute Gasteiger partial charge is 0.238 e. The van der Waals surface area contributed by atoms with E-state index in [1.54, 1.807) is 0 Å². The third-order valence-corrected chi connectivity index (χ3v) is 4.35. The van der Waals surface area contributed by atoms with Crippen LogP contribution in [0.2, 0.25) is 0 Å². The van der Waals surface area contributed by atoms with Gasteiger partial charge in [-0.25, -0.2) is 0 Å². The molecule has 0 aromatic heterocycles. The van der Waals surface area contributed by atoms with Crippen molar-refractivity contribution in [3.63, 3.8) is 0 Å². The van der Waals surface area contributed by atoms with Crippen molar-refractivity contribution in [3.8, 4) is 0 Å². The van der Waals surface area contributed by atoms with Crippen LogP contribution in [0.25, 0.3) is 10.8 Å². The number of hydrogen-bond acceptors (Lipinski definition) is 2. The van der Waals surface area contributed by atoms with E-state index in [9.17, 15) is 4.79 Å². The molecule has 0 unspecified atom stereocenters. The summed E-state index contributed by atoms with van der Waals surface area (Å²) in [5.41, 5.74) is 0.885. The third-order valence-electron chi connectivity index (χ3n) is 4.35. The quantitative estimate of drug-likeness (QED) is 0.927. The van der Waals surface area contributed by atoms with Gasteiger partial charge in [0.2, 0.25) is 5.91 Å². The molecule has 1 N–H and O–H groups in total. The number of nitrogens with one attached hydrogen (secondary N) is 1. The van der Waals surface area contributed by atoms with Crippen LogP contribution in [0.4, 0.5) is 5.69 Å². The molecule has 0 bridgehead atoms. The maximum atomic E-state index is 12.3. The highest BCUT2D eigenvalue weighted by Gasteiger charge is 2.12. The van der Waals surface area contributed by atoms with Crippen LogP contribution in [-0.4, -0.2) is 30.4 Å². The normalized spacial score (nSPS) is 16.9. The fourth-order valence-electron chi connectivity index (χ4n) is 3.14. The Bertz CT molecular complexity index is 630. The van der Waals surface area contributed by atoms with Crippen molar-refractivity contribution in [2.45, 2.75) is 32.1 Å². The van der Waals surface area contributed by atoms with E-state index in [0.717, 1.165) is 24.2 Å². The first-order chi connectivity index (χ1) is 10.8. The van der Waals surface area contributed by atoms with E-state index in [4.69, 9.17) is 0 Å². The zero-order chi connectivity index (χ0) is 15.2. The molecule has 1 aliphatic rings. The second-order valence-corrected chi connectivity index (χ2v) is 6.15. The van der Waals surface area contributed by atoms with Gasteiger partial charge >= 0.3 is 0 Å². The number of benzene rings is 2. The molecule has 3 heteroatoms. The van der Waals surface area contributed by atoms with Crippen LogP contribution in [0, 0.1) is 0 Å². The Labute approximate surface area is 132 Å². The first kappa shape index (κ1) is 15.0. The van der Waals surface area contributed by atoms with Crippen LogP contribution in [0.1, 0.15) is 32.1 Å². The number of amides is 1. The Morgan fingerprint density at radius 3 is 2.36 bits per heavy atom. The first-order valence-electron chi connectivity index (χ1n) is 8.32. The molecule has 1 amide bonds. The molecular weight excluding hydrogens is 272 g/mol. The number of anilines is 1. The first-order valence-corrected chi connectivity index (χ1v) is 8.32. The molecule has 0 radical (unpaired) electrons. The van der Waals surface area contributed by atoms with Crippen LogP contribution in [0.15, 0.2) is 42.5 Å². The monoisotopic (exact) mass is 296 g/mol. The maximum absolute atomic E-state index is 12.3. The summed E-state index contributed by atoms with van der Waals surface area (Å²) < 4.78 is 0. The zero-order valence-corrected chi connectivity index (χ0v) is 13.1. The minimum absolute atomic E-state index is 0.0934. The molecule has 22 heavy (non-hydrogen) atoms. The minimum atomic E-state index is 0.0934. The van der Waals surface area contributed by atoms with Crippen LogP contribution in [-0.2, 0) is 4.79 Å². The lowest BCUT2D eigenvalue weighted by Crippen LogP contribution is -2.35. The van der Waals surface area contributed by atoms with Gasteiger partial charge in [0.15, 0.2) is 0 Å². The van der Waals surface area contributed by atoms with Gasteiger partial charge in [0.1, 0.15) is 0 Å². The molecule has 1 fully saturated rings. The topological polar surface area (TPSA) is 32.3 Å². The standard InChI is InChI=1S/C19H24N2O/c22-19(15-21-12-6-2-1-3-7-13-21)20-18-11-10-16-8-4-5-9-17(16)14-18/h4-5,8-11,14H,1-3,6-7,12-13,15H2,(H,20,22). The fraction of sp³-hybridized carbons (Fsp3) is 0.421. The van der Waals surface area contributed by atoms with Gasteiger partial charge in [-0.1, -0.05) is 49.6 Å². The average molecular weight is 296 g/mol. The molecular formula is C19H24N2O. The SMILES string of the molecule is O=C(CN1CCCCCCC1)Nc1ccc2ccccc2c1. The van der Waals surface area contributed by atoms with E-state index in [1.165, 1.54) is 37.5 Å². The lowest BCUT2D eigenvalue weighted by molar-refractivity contribution is -0.117. The number of likely N-dealkylation sites (tertiary alicyclic amines) is 1. The van der Waals surface area contributed by atoms with E-state index in [1.807, 2.05) is 24.3 Å². The van der Waals surface area contributed by atoms with Crippen molar-refractivity contribution in [1.29, 1.82) is 0 Å². The lowest BCUT2D eigenvalue weighted by atomic mass is 10.1. The molecule has 0 saturated carbocycles. The van der Waals surface area contributed by atoms with Crippen molar-refractivity contribution in [1.82, 2.24) is 4.90 Å². The van der Waals surface area contributed by atoms with Gasteiger partial charge in [0, 0.05) is 5.69 Å². The maximum Gasteiger partial charge on any atom is 0.238 e. The molecule has 2 aromatic carbocycles. The molecule has 116 valence electrons. The number of fused-ring (bicyclic) bond motifs is 1. The second-order valence-electron chi connectivity index (χ2n) is 6.15. The number of hydrogen-bond donors (Lipinski definition) is 1. The Morgan fingerprint density at radius 1 is 0.909 bits per heavy atom. The van der Waals surface area contributed by atoms with Crippen molar-refractivity contribution >= 4 is 22.4 Å². The summed E-state index contributed by atoms with van der Waals surface area (Å²) in [6.45, 7) is 2.60. The third kappa shape index (κ3) is 4.08. The Hall–Kier alpha value is -1.87. The van der Waals surface area contributed by atoms with Gasteiger partial charge in [-0.15, -0.1) is 0 Å². The number of carbonyl (C=O) groups excluding carboxylic acids is 1. The van der Waals surface area contributed by atoms with Crippen molar-refractivity contribution < 1.29 is 4.79 Å². The predicted octanol–water partition coefficient (Wildman–Crippen LogP) is 4.04. The van der Waals surface area contributed by atoms with Gasteiger partial charge in [0.05, 0.1) is 6.54 Å². The average Bonchev–Trinajstić information content (AvgIpc) is 2.50. The highest BCUT2D eigenvalue weighted by molar-refractivity contribution is 5.95. The lowest BCUT2D eigenvalue weighted by Gasteiger charge is -2.23. The van der Waals surface area contributed by atoms with Gasteiger partial charge < -0.3 is 5.32 Å². The van der Waals surface area contributed by atoms with Crippen molar-refractivity contribution in [2.75, 3.05) is 25.0 Å². The van der Waals surface area contributed by atoms with E-state index < -0.39 is 0 Å². The van der Waals surface area contributed by atoms with E-state index in [2.05, 4.69) is 28.4 Å². The molecule has 0 aliphatic carbocycles. The Morgan fingerprint density at radius 2 is 1.59 bits per heavy atom. The molecule has 1 heterocycles. The molecule has 1 saturated heterocycles. The predicted molar refractivity (Wildman–Crippen MR) is 92.1 cm³/mol. The van der Waals surface area contributed by atoms with Gasteiger partial charge in [0.25, 0.3) is 0 Å². The van der Waals surface area contributed by atoms with Gasteiger partial charge in [-0.3, -0.25) is 9.69 Å². The van der Waals surface area contributed by atoms with E-state index in [-0.39, 0.29) is 5.91 Å². The second kappa shape index (κ2) is 7.41. The summed E-state index contributed by atoms with van der Waals surface area (Å²) >= 11 is 0. The summed E-state index contributed by atoms with van der Waals surface area (Å²) in [5.74, 6) is 0.0934. The van der Waals surface area contributed by atoms with Crippen LogP contribution in [0.5, 0.6) is 0 Å². The van der Waals surface area contributed by atoms with Crippen LogP contribution < -0.4 is 5.32 Å². The number of nitrogens with zero attached hydrogens (tertiary/aromatic N) is 1. The van der Waals surface area contributed by atoms with Gasteiger partial charge in [-0.2, -0.15) is 0 Å². The summed E-state index contributed by atoms with van der Waals surface area (Å²) in [6.07, 6.45) is 6.36. The molecule has 3 nitrogen and oxygen atoms in total. The summed E-state index contributed by atoms with van der Waals surface area (Å²) in [5, 5.41) is 5.39. The largest absolute Gasteiger partial charge is 0.325 e. The summed E-state index contributed by atoms with van der Waals surface area (Å²) in [6, 6.07) is 14.3. The van der Waals surface area contributed by atoms with Gasteiger partial charge in [-0.05, 0) is 48.8 Å². The van der Waals surface area contributed by atoms with E-state index in [0.29, 0.717) is 6.54 Å². The number of carbonyl (C=O) groups is 1. The minimum Gasteiger partial charge on any atom is -0.325 e. The van der Waals surface area contributed by atoms with Crippen molar-refractivity contribution in [3.05, 3.63) is 42.5 Å². The fourth-order valence-corrected chi connectivity index (χ4v) is 3.14. The van der Waals surface area contributed by atoms with Crippen molar-refractivity contribution in [2.24, 2.45) is 0 Å². The van der Waals surface area contributed by atoms with E-state index >= 15 is 0 Å². The zero-order valence-electron chi connectivity index (χ0n) is 13.1. The molecule has 1 aliphatic heterocycles.